The summed E-state index contributed by atoms with van der Waals surface area (Å²) >= 11 is 0. The smallest absolute Gasteiger partial charge is 0.0636 e. The van der Waals surface area contributed by atoms with Gasteiger partial charge in [0.1, 0.15) is 0 Å². The molecule has 0 saturated heterocycles. The van der Waals surface area contributed by atoms with Crippen LogP contribution in [0.3, 0.4) is 0 Å². The average Bonchev–Trinajstić information content (AvgIpc) is 2.31. The lowest BCUT2D eigenvalue weighted by molar-refractivity contribution is -0.00869. The Balaban J connectivity index is 2.35. The molecule has 14 heavy (non-hydrogen) atoms. The van der Waals surface area contributed by atoms with E-state index in [1.807, 2.05) is 0 Å². The van der Waals surface area contributed by atoms with Crippen LogP contribution in [0.4, 0.5) is 0 Å². The minimum absolute atomic E-state index is 0.0461. The summed E-state index contributed by atoms with van der Waals surface area (Å²) in [7, 11) is 0. The highest BCUT2D eigenvalue weighted by Gasteiger charge is 2.55. The average molecular weight is 194 g/mol. The van der Waals surface area contributed by atoms with Crippen LogP contribution in [0, 0.1) is 10.8 Å². The van der Waals surface area contributed by atoms with Crippen LogP contribution < -0.4 is 0 Å². The van der Waals surface area contributed by atoms with Gasteiger partial charge in [0.15, 0.2) is 0 Å². The Kier molecular flexibility index (Phi) is 2.26. The van der Waals surface area contributed by atoms with E-state index >= 15 is 0 Å². The molecule has 0 bridgehead atoms. The quantitative estimate of drug-likeness (QED) is 0.587. The zero-order chi connectivity index (χ0) is 10.4. The van der Waals surface area contributed by atoms with Crippen LogP contribution in [-0.2, 0) is 0 Å². The summed E-state index contributed by atoms with van der Waals surface area (Å²) in [4.78, 5) is 0. The molecule has 1 unspecified atom stereocenters. The molecule has 0 aromatic rings. The molecule has 0 amide bonds. The van der Waals surface area contributed by atoms with Crippen LogP contribution >= 0.6 is 0 Å². The highest BCUT2D eigenvalue weighted by Crippen LogP contribution is 2.61. The minimum atomic E-state index is -0.173. The van der Waals surface area contributed by atoms with Crippen molar-refractivity contribution in [2.24, 2.45) is 10.8 Å². The van der Waals surface area contributed by atoms with Crippen LogP contribution in [0.15, 0.2) is 12.2 Å². The summed E-state index contributed by atoms with van der Waals surface area (Å²) in [5.74, 6) is 0. The molecule has 1 N–H and O–H groups in total. The summed E-state index contributed by atoms with van der Waals surface area (Å²) in [6.07, 6.45) is 7.14. The molecule has 0 radical (unpaired) electrons. The van der Waals surface area contributed by atoms with Crippen LogP contribution in [0.2, 0.25) is 0 Å². The Hall–Kier alpha value is -0.300. The van der Waals surface area contributed by atoms with E-state index in [1.54, 1.807) is 0 Å². The van der Waals surface area contributed by atoms with Gasteiger partial charge in [-0.2, -0.15) is 0 Å². The third-order valence-electron chi connectivity index (χ3n) is 4.89. The molecular weight excluding hydrogens is 172 g/mol. The molecule has 2 aliphatic rings. The van der Waals surface area contributed by atoms with Crippen molar-refractivity contribution in [3.8, 4) is 0 Å². The van der Waals surface area contributed by atoms with E-state index in [-0.39, 0.29) is 16.9 Å². The molecule has 1 atom stereocenters. The first-order valence-electron chi connectivity index (χ1n) is 5.87. The second-order valence-electron chi connectivity index (χ2n) is 5.69. The summed E-state index contributed by atoms with van der Waals surface area (Å²) < 4.78 is 0. The molecule has 2 aliphatic carbocycles. The van der Waals surface area contributed by atoms with Crippen LogP contribution in [0.5, 0.6) is 0 Å². The standard InChI is InChI=1S/C13H22O/c1-10-9-11(14)12(2,3)13(10)7-5-4-6-8-13/h11,14H,1,4-9H2,2-3H3. The van der Waals surface area contributed by atoms with Gasteiger partial charge in [0.05, 0.1) is 6.10 Å². The molecule has 2 fully saturated rings. The fraction of sp³-hybridized carbons (Fsp3) is 0.846. The van der Waals surface area contributed by atoms with E-state index in [0.29, 0.717) is 0 Å². The molecule has 2 rings (SSSR count). The first-order valence-corrected chi connectivity index (χ1v) is 5.87. The van der Waals surface area contributed by atoms with Crippen LogP contribution in [-0.4, -0.2) is 11.2 Å². The maximum Gasteiger partial charge on any atom is 0.0636 e. The summed E-state index contributed by atoms with van der Waals surface area (Å²) in [5.41, 5.74) is 1.62. The van der Waals surface area contributed by atoms with Gasteiger partial charge in [-0.25, -0.2) is 0 Å². The van der Waals surface area contributed by atoms with Crippen LogP contribution in [0.1, 0.15) is 52.4 Å². The number of hydrogen-bond acceptors (Lipinski definition) is 1. The van der Waals surface area contributed by atoms with Gasteiger partial charge < -0.3 is 5.11 Å². The molecule has 0 heterocycles. The van der Waals surface area contributed by atoms with E-state index in [1.165, 1.54) is 37.7 Å². The Bertz CT molecular complexity index is 246. The third-order valence-corrected chi connectivity index (χ3v) is 4.89. The van der Waals surface area contributed by atoms with E-state index in [0.717, 1.165) is 6.42 Å². The summed E-state index contributed by atoms with van der Waals surface area (Å²) in [6, 6.07) is 0. The van der Waals surface area contributed by atoms with Crippen molar-refractivity contribution in [3.05, 3.63) is 12.2 Å². The molecule has 0 aromatic carbocycles. The number of hydrogen-bond donors (Lipinski definition) is 1. The minimum Gasteiger partial charge on any atom is -0.392 e. The second kappa shape index (κ2) is 3.10. The summed E-state index contributed by atoms with van der Waals surface area (Å²) in [6.45, 7) is 8.66. The van der Waals surface area contributed by atoms with E-state index < -0.39 is 0 Å². The molecule has 2 saturated carbocycles. The third kappa shape index (κ3) is 1.11. The highest BCUT2D eigenvalue weighted by atomic mass is 16.3. The molecule has 80 valence electrons. The lowest BCUT2D eigenvalue weighted by Gasteiger charge is -2.46. The lowest BCUT2D eigenvalue weighted by Crippen LogP contribution is -2.40. The van der Waals surface area contributed by atoms with Gasteiger partial charge in [-0.05, 0) is 24.7 Å². The number of aliphatic hydroxyl groups is 1. The largest absolute Gasteiger partial charge is 0.392 e. The van der Waals surface area contributed by atoms with Gasteiger partial charge in [0, 0.05) is 5.41 Å². The zero-order valence-electron chi connectivity index (χ0n) is 9.47. The summed E-state index contributed by atoms with van der Waals surface area (Å²) in [5, 5.41) is 10.1. The van der Waals surface area contributed by atoms with Crippen molar-refractivity contribution in [1.29, 1.82) is 0 Å². The monoisotopic (exact) mass is 194 g/mol. The van der Waals surface area contributed by atoms with Crippen LogP contribution in [0.25, 0.3) is 0 Å². The van der Waals surface area contributed by atoms with Gasteiger partial charge in [-0.3, -0.25) is 0 Å². The van der Waals surface area contributed by atoms with Gasteiger partial charge in [0.25, 0.3) is 0 Å². The number of aliphatic hydroxyl groups excluding tert-OH is 1. The first kappa shape index (κ1) is 10.2. The molecule has 1 spiro atoms. The van der Waals surface area contributed by atoms with Crippen molar-refractivity contribution >= 4 is 0 Å². The predicted octanol–water partition coefficient (Wildman–Crippen LogP) is 3.28. The van der Waals surface area contributed by atoms with E-state index in [2.05, 4.69) is 20.4 Å². The first-order chi connectivity index (χ1) is 6.51. The zero-order valence-corrected chi connectivity index (χ0v) is 9.47. The van der Waals surface area contributed by atoms with Gasteiger partial charge in [-0.1, -0.05) is 45.3 Å². The Morgan fingerprint density at radius 3 is 2.21 bits per heavy atom. The van der Waals surface area contributed by atoms with E-state index in [9.17, 15) is 5.11 Å². The number of rotatable bonds is 0. The molecule has 1 nitrogen and oxygen atoms in total. The lowest BCUT2D eigenvalue weighted by atomic mass is 9.59. The van der Waals surface area contributed by atoms with E-state index in [4.69, 9.17) is 0 Å². The fourth-order valence-electron chi connectivity index (χ4n) is 3.61. The van der Waals surface area contributed by atoms with Crippen molar-refractivity contribution in [2.75, 3.05) is 0 Å². The topological polar surface area (TPSA) is 20.2 Å². The van der Waals surface area contributed by atoms with Gasteiger partial charge >= 0.3 is 0 Å². The highest BCUT2D eigenvalue weighted by molar-refractivity contribution is 5.25. The van der Waals surface area contributed by atoms with Crippen molar-refractivity contribution in [1.82, 2.24) is 0 Å². The normalized spacial score (nSPS) is 35.1. The maximum absolute atomic E-state index is 10.1. The molecule has 1 heteroatoms. The second-order valence-corrected chi connectivity index (χ2v) is 5.69. The Morgan fingerprint density at radius 2 is 1.79 bits per heavy atom. The Labute approximate surface area is 87.2 Å². The maximum atomic E-state index is 10.1. The van der Waals surface area contributed by atoms with Gasteiger partial charge in [-0.15, -0.1) is 0 Å². The Morgan fingerprint density at radius 1 is 1.21 bits per heavy atom. The predicted molar refractivity (Wildman–Crippen MR) is 59.1 cm³/mol. The van der Waals surface area contributed by atoms with Crippen molar-refractivity contribution in [2.45, 2.75) is 58.5 Å². The van der Waals surface area contributed by atoms with Gasteiger partial charge in [0.2, 0.25) is 0 Å². The molecular formula is C13H22O. The van der Waals surface area contributed by atoms with Crippen molar-refractivity contribution in [3.63, 3.8) is 0 Å². The fourth-order valence-corrected chi connectivity index (χ4v) is 3.61. The SMILES string of the molecule is C=C1CC(O)C(C)(C)C12CCCCC2. The molecule has 0 aliphatic heterocycles. The van der Waals surface area contributed by atoms with Crippen molar-refractivity contribution < 1.29 is 5.11 Å². The molecule has 0 aromatic heterocycles.